The number of rotatable bonds is 8. The Bertz CT molecular complexity index is 418. The molecule has 1 aromatic rings. The van der Waals surface area contributed by atoms with Gasteiger partial charge in [-0.15, -0.1) is 0 Å². The molecule has 1 rings (SSSR count). The molecule has 0 radical (unpaired) electrons. The molecule has 0 amide bonds. The summed E-state index contributed by atoms with van der Waals surface area (Å²) >= 11 is 0. The zero-order valence-electron chi connectivity index (χ0n) is 11.4. The van der Waals surface area contributed by atoms with Crippen molar-refractivity contribution in [3.05, 3.63) is 23.8 Å². The van der Waals surface area contributed by atoms with E-state index in [1.165, 1.54) is 18.2 Å². The van der Waals surface area contributed by atoms with Gasteiger partial charge >= 0.3 is 5.97 Å². The quantitative estimate of drug-likeness (QED) is 0.558. The van der Waals surface area contributed by atoms with Crippen molar-refractivity contribution in [2.45, 2.75) is 20.3 Å². The first-order chi connectivity index (χ1) is 9.00. The summed E-state index contributed by atoms with van der Waals surface area (Å²) in [7, 11) is 0. The second kappa shape index (κ2) is 7.63. The molecule has 3 N–H and O–H groups in total. The molecule has 0 heterocycles. The highest BCUT2D eigenvalue weighted by atomic mass is 16.5. The number of ether oxygens (including phenoxy) is 2. The SMILES string of the molecule is CC(C)CCOCCOc1cc(C(=O)O)ccc1N. The van der Waals surface area contributed by atoms with Gasteiger partial charge in [-0.2, -0.15) is 0 Å². The Morgan fingerprint density at radius 3 is 2.68 bits per heavy atom. The molecule has 0 aliphatic heterocycles. The molecule has 5 heteroatoms. The van der Waals surface area contributed by atoms with Crippen molar-refractivity contribution >= 4 is 11.7 Å². The second-order valence-electron chi connectivity index (χ2n) is 4.70. The van der Waals surface area contributed by atoms with E-state index in [0.29, 0.717) is 37.2 Å². The van der Waals surface area contributed by atoms with Crippen LogP contribution in [0.2, 0.25) is 0 Å². The molecule has 5 nitrogen and oxygen atoms in total. The van der Waals surface area contributed by atoms with Crippen molar-refractivity contribution < 1.29 is 19.4 Å². The van der Waals surface area contributed by atoms with Gasteiger partial charge in [0.15, 0.2) is 0 Å². The maximum atomic E-state index is 10.8. The summed E-state index contributed by atoms with van der Waals surface area (Å²) in [6.07, 6.45) is 1.01. The van der Waals surface area contributed by atoms with E-state index < -0.39 is 5.97 Å². The number of hydrogen-bond acceptors (Lipinski definition) is 4. The zero-order valence-corrected chi connectivity index (χ0v) is 11.4. The van der Waals surface area contributed by atoms with Crippen LogP contribution < -0.4 is 10.5 Å². The lowest BCUT2D eigenvalue weighted by Crippen LogP contribution is -2.10. The van der Waals surface area contributed by atoms with Gasteiger partial charge < -0.3 is 20.3 Å². The molecule has 0 aliphatic rings. The fourth-order valence-electron chi connectivity index (χ4n) is 1.42. The van der Waals surface area contributed by atoms with Crippen LogP contribution in [0.25, 0.3) is 0 Å². The van der Waals surface area contributed by atoms with E-state index in [4.69, 9.17) is 20.3 Å². The number of anilines is 1. The van der Waals surface area contributed by atoms with Gasteiger partial charge in [0.1, 0.15) is 12.4 Å². The summed E-state index contributed by atoms with van der Waals surface area (Å²) < 4.78 is 10.8. The van der Waals surface area contributed by atoms with Gasteiger partial charge in [-0.3, -0.25) is 0 Å². The minimum absolute atomic E-state index is 0.157. The van der Waals surface area contributed by atoms with Crippen LogP contribution in [0, 0.1) is 5.92 Å². The van der Waals surface area contributed by atoms with Crippen LogP contribution in [0.1, 0.15) is 30.6 Å². The molecule has 0 saturated heterocycles. The van der Waals surface area contributed by atoms with Gasteiger partial charge in [-0.1, -0.05) is 13.8 Å². The maximum absolute atomic E-state index is 10.8. The highest BCUT2D eigenvalue weighted by Crippen LogP contribution is 2.22. The number of nitrogens with two attached hydrogens (primary N) is 1. The average Bonchev–Trinajstić information content (AvgIpc) is 2.34. The smallest absolute Gasteiger partial charge is 0.335 e. The van der Waals surface area contributed by atoms with E-state index in [1.54, 1.807) is 0 Å². The molecule has 106 valence electrons. The zero-order chi connectivity index (χ0) is 14.3. The van der Waals surface area contributed by atoms with Crippen LogP contribution in [-0.2, 0) is 4.74 Å². The summed E-state index contributed by atoms with van der Waals surface area (Å²) in [6, 6.07) is 4.40. The molecule has 0 bridgehead atoms. The molecule has 0 unspecified atom stereocenters. The number of benzene rings is 1. The summed E-state index contributed by atoms with van der Waals surface area (Å²) in [6.45, 7) is 5.79. The molecule has 0 spiro atoms. The van der Waals surface area contributed by atoms with Crippen LogP contribution >= 0.6 is 0 Å². The third-order valence-electron chi connectivity index (χ3n) is 2.59. The van der Waals surface area contributed by atoms with Crippen LogP contribution in [0.3, 0.4) is 0 Å². The molecule has 19 heavy (non-hydrogen) atoms. The number of carbonyl (C=O) groups is 1. The minimum Gasteiger partial charge on any atom is -0.489 e. The van der Waals surface area contributed by atoms with Crippen LogP contribution in [0.5, 0.6) is 5.75 Å². The topological polar surface area (TPSA) is 81.8 Å². The largest absolute Gasteiger partial charge is 0.489 e. The Morgan fingerprint density at radius 2 is 2.05 bits per heavy atom. The van der Waals surface area contributed by atoms with E-state index in [0.717, 1.165) is 6.42 Å². The maximum Gasteiger partial charge on any atom is 0.335 e. The molecule has 0 saturated carbocycles. The van der Waals surface area contributed by atoms with Crippen molar-refractivity contribution in [3.8, 4) is 5.75 Å². The number of hydrogen-bond donors (Lipinski definition) is 2. The lowest BCUT2D eigenvalue weighted by atomic mass is 10.1. The monoisotopic (exact) mass is 267 g/mol. The lowest BCUT2D eigenvalue weighted by molar-refractivity contribution is 0.0696. The number of nitrogen functional groups attached to an aromatic ring is 1. The summed E-state index contributed by atoms with van der Waals surface area (Å²) in [5.41, 5.74) is 6.29. The van der Waals surface area contributed by atoms with Gasteiger partial charge in [0.2, 0.25) is 0 Å². The van der Waals surface area contributed by atoms with Crippen molar-refractivity contribution in [1.82, 2.24) is 0 Å². The fourth-order valence-corrected chi connectivity index (χ4v) is 1.42. The lowest BCUT2D eigenvalue weighted by Gasteiger charge is -2.10. The minimum atomic E-state index is -1.00. The van der Waals surface area contributed by atoms with E-state index in [1.807, 2.05) is 0 Å². The van der Waals surface area contributed by atoms with Crippen molar-refractivity contribution in [2.24, 2.45) is 5.92 Å². The molecule has 0 aliphatic carbocycles. The van der Waals surface area contributed by atoms with Crippen molar-refractivity contribution in [2.75, 3.05) is 25.6 Å². The number of carboxylic acid groups (broad SMARTS) is 1. The van der Waals surface area contributed by atoms with Gasteiger partial charge in [0, 0.05) is 6.61 Å². The van der Waals surface area contributed by atoms with Crippen molar-refractivity contribution in [1.29, 1.82) is 0 Å². The molecular formula is C14H21NO4. The van der Waals surface area contributed by atoms with Gasteiger partial charge in [0.25, 0.3) is 0 Å². The van der Waals surface area contributed by atoms with Gasteiger partial charge in [-0.05, 0) is 30.5 Å². The molecule has 0 fully saturated rings. The molecule has 1 aromatic carbocycles. The van der Waals surface area contributed by atoms with Crippen LogP contribution in [0.4, 0.5) is 5.69 Å². The standard InChI is InChI=1S/C14H21NO4/c1-10(2)5-6-18-7-8-19-13-9-11(14(16)17)3-4-12(13)15/h3-4,9-10H,5-8,15H2,1-2H3,(H,16,17). The number of aromatic carboxylic acids is 1. The Morgan fingerprint density at radius 1 is 1.32 bits per heavy atom. The normalized spacial score (nSPS) is 10.7. The van der Waals surface area contributed by atoms with E-state index in [-0.39, 0.29) is 5.56 Å². The number of carboxylic acids is 1. The Balaban J connectivity index is 2.36. The van der Waals surface area contributed by atoms with Crippen LogP contribution in [-0.4, -0.2) is 30.9 Å². The van der Waals surface area contributed by atoms with Gasteiger partial charge in [0.05, 0.1) is 17.9 Å². The van der Waals surface area contributed by atoms with E-state index in [2.05, 4.69) is 13.8 Å². The average molecular weight is 267 g/mol. The predicted octanol–water partition coefficient (Wildman–Crippen LogP) is 2.41. The van der Waals surface area contributed by atoms with E-state index in [9.17, 15) is 4.79 Å². The molecule has 0 atom stereocenters. The first-order valence-electron chi connectivity index (χ1n) is 6.34. The van der Waals surface area contributed by atoms with Crippen LogP contribution in [0.15, 0.2) is 18.2 Å². The highest BCUT2D eigenvalue weighted by Gasteiger charge is 2.07. The Kier molecular flexibility index (Phi) is 6.15. The predicted molar refractivity (Wildman–Crippen MR) is 73.6 cm³/mol. The molecular weight excluding hydrogens is 246 g/mol. The van der Waals surface area contributed by atoms with E-state index >= 15 is 0 Å². The summed E-state index contributed by atoms with van der Waals surface area (Å²) in [5, 5.41) is 8.87. The Hall–Kier alpha value is -1.75. The first kappa shape index (κ1) is 15.3. The fraction of sp³-hybridized carbons (Fsp3) is 0.500. The highest BCUT2D eigenvalue weighted by molar-refractivity contribution is 5.89. The molecule has 0 aromatic heterocycles. The Labute approximate surface area is 113 Å². The third kappa shape index (κ3) is 5.61. The summed E-state index contributed by atoms with van der Waals surface area (Å²) in [5.74, 6) is -0.00537. The first-order valence-corrected chi connectivity index (χ1v) is 6.34. The van der Waals surface area contributed by atoms with Crippen molar-refractivity contribution in [3.63, 3.8) is 0 Å². The third-order valence-corrected chi connectivity index (χ3v) is 2.59. The van der Waals surface area contributed by atoms with Gasteiger partial charge in [-0.25, -0.2) is 4.79 Å². The summed E-state index contributed by atoms with van der Waals surface area (Å²) in [4.78, 5) is 10.8. The second-order valence-corrected chi connectivity index (χ2v) is 4.70.